The molecule has 0 rings (SSSR count). The van der Waals surface area contributed by atoms with E-state index in [9.17, 15) is 0 Å². The predicted molar refractivity (Wildman–Crippen MR) is 70.1 cm³/mol. The maximum atomic E-state index is 5.38. The lowest BCUT2D eigenvalue weighted by atomic mass is 10.2. The lowest BCUT2D eigenvalue weighted by molar-refractivity contribution is 0.612. The van der Waals surface area contributed by atoms with Crippen LogP contribution in [0.1, 0.15) is 27.7 Å². The van der Waals surface area contributed by atoms with E-state index in [2.05, 4.69) is 49.7 Å². The molecule has 15 heavy (non-hydrogen) atoms. The SMILES string of the molecule is CSC(C)(C)CN=C(NN)NCC(C)C. The van der Waals surface area contributed by atoms with Gasteiger partial charge in [0, 0.05) is 11.3 Å². The molecule has 0 bridgehead atoms. The molecule has 0 saturated heterocycles. The van der Waals surface area contributed by atoms with E-state index in [-0.39, 0.29) is 4.75 Å². The number of hydrogen-bond donors (Lipinski definition) is 3. The number of nitrogens with one attached hydrogen (secondary N) is 2. The van der Waals surface area contributed by atoms with Gasteiger partial charge in [0.25, 0.3) is 0 Å². The molecular weight excluding hydrogens is 208 g/mol. The first-order valence-corrected chi connectivity index (χ1v) is 6.44. The summed E-state index contributed by atoms with van der Waals surface area (Å²) in [5.74, 6) is 6.63. The Kier molecular flexibility index (Phi) is 6.76. The predicted octanol–water partition coefficient (Wildman–Crippen LogP) is 1.19. The summed E-state index contributed by atoms with van der Waals surface area (Å²) in [5.41, 5.74) is 2.58. The van der Waals surface area contributed by atoms with Crippen molar-refractivity contribution in [3.8, 4) is 0 Å². The van der Waals surface area contributed by atoms with E-state index in [1.54, 1.807) is 11.8 Å². The Balaban J connectivity index is 4.10. The number of nitrogens with zero attached hydrogens (tertiary/aromatic N) is 1. The lowest BCUT2D eigenvalue weighted by Crippen LogP contribution is -2.43. The Hall–Kier alpha value is -0.420. The van der Waals surface area contributed by atoms with Crippen LogP contribution < -0.4 is 16.6 Å². The molecular formula is C10H24N4S. The van der Waals surface area contributed by atoms with Gasteiger partial charge in [-0.25, -0.2) is 5.84 Å². The lowest BCUT2D eigenvalue weighted by Gasteiger charge is -2.20. The molecule has 0 atom stereocenters. The highest BCUT2D eigenvalue weighted by atomic mass is 32.2. The van der Waals surface area contributed by atoms with Gasteiger partial charge in [-0.15, -0.1) is 0 Å². The quantitative estimate of drug-likeness (QED) is 0.288. The highest BCUT2D eigenvalue weighted by molar-refractivity contribution is 7.99. The summed E-state index contributed by atoms with van der Waals surface area (Å²) in [6.45, 7) is 10.2. The number of rotatable bonds is 5. The van der Waals surface area contributed by atoms with E-state index in [1.165, 1.54) is 0 Å². The van der Waals surface area contributed by atoms with Crippen LogP contribution in [0.2, 0.25) is 0 Å². The van der Waals surface area contributed by atoms with Crippen LogP contribution in [-0.4, -0.2) is 30.1 Å². The van der Waals surface area contributed by atoms with Gasteiger partial charge in [0.15, 0.2) is 0 Å². The Morgan fingerprint density at radius 3 is 2.47 bits per heavy atom. The van der Waals surface area contributed by atoms with Crippen molar-refractivity contribution in [1.82, 2.24) is 10.7 Å². The summed E-state index contributed by atoms with van der Waals surface area (Å²) in [5, 5.41) is 3.17. The van der Waals surface area contributed by atoms with Gasteiger partial charge in [-0.05, 0) is 26.0 Å². The molecule has 0 aliphatic carbocycles. The molecule has 0 aromatic heterocycles. The van der Waals surface area contributed by atoms with E-state index in [0.717, 1.165) is 13.1 Å². The van der Waals surface area contributed by atoms with E-state index in [0.29, 0.717) is 11.9 Å². The van der Waals surface area contributed by atoms with Crippen LogP contribution in [0.3, 0.4) is 0 Å². The number of guanidine groups is 1. The van der Waals surface area contributed by atoms with Crippen molar-refractivity contribution < 1.29 is 0 Å². The third-order valence-corrected chi connectivity index (χ3v) is 3.22. The summed E-state index contributed by atoms with van der Waals surface area (Å²) < 4.78 is 0.154. The minimum atomic E-state index is 0.154. The number of nitrogens with two attached hydrogens (primary N) is 1. The van der Waals surface area contributed by atoms with E-state index in [1.807, 2.05) is 0 Å². The fourth-order valence-electron chi connectivity index (χ4n) is 0.787. The molecule has 0 heterocycles. The first-order valence-electron chi connectivity index (χ1n) is 5.21. The maximum Gasteiger partial charge on any atom is 0.205 e. The molecule has 0 fully saturated rings. The minimum absolute atomic E-state index is 0.154. The van der Waals surface area contributed by atoms with Gasteiger partial charge in [-0.2, -0.15) is 11.8 Å². The molecule has 0 spiro atoms. The Labute approximate surface area is 97.5 Å². The highest BCUT2D eigenvalue weighted by Crippen LogP contribution is 2.20. The van der Waals surface area contributed by atoms with Crippen molar-refractivity contribution in [2.45, 2.75) is 32.4 Å². The normalized spacial score (nSPS) is 13.1. The van der Waals surface area contributed by atoms with Crippen LogP contribution in [-0.2, 0) is 0 Å². The zero-order valence-corrected chi connectivity index (χ0v) is 11.2. The monoisotopic (exact) mass is 232 g/mol. The van der Waals surface area contributed by atoms with Crippen molar-refractivity contribution in [2.75, 3.05) is 19.3 Å². The van der Waals surface area contributed by atoms with Gasteiger partial charge in [0.05, 0.1) is 6.54 Å². The fourth-order valence-corrected chi connectivity index (χ4v) is 0.981. The molecule has 0 amide bonds. The third-order valence-electron chi connectivity index (χ3n) is 1.99. The molecule has 5 heteroatoms. The Bertz CT molecular complexity index is 202. The van der Waals surface area contributed by atoms with E-state index >= 15 is 0 Å². The van der Waals surface area contributed by atoms with E-state index < -0.39 is 0 Å². The van der Waals surface area contributed by atoms with Crippen LogP contribution in [0.15, 0.2) is 4.99 Å². The number of aliphatic imine (C=N–C) groups is 1. The zero-order chi connectivity index (χ0) is 11.9. The van der Waals surface area contributed by atoms with Crippen molar-refractivity contribution in [1.29, 1.82) is 0 Å². The third kappa shape index (κ3) is 7.50. The average molecular weight is 232 g/mol. The van der Waals surface area contributed by atoms with E-state index in [4.69, 9.17) is 5.84 Å². The molecule has 4 nitrogen and oxygen atoms in total. The maximum absolute atomic E-state index is 5.38. The van der Waals surface area contributed by atoms with Gasteiger partial charge < -0.3 is 5.32 Å². The fraction of sp³-hybridized carbons (Fsp3) is 0.900. The molecule has 90 valence electrons. The van der Waals surface area contributed by atoms with Crippen LogP contribution in [0.4, 0.5) is 0 Å². The second-order valence-corrected chi connectivity index (χ2v) is 6.06. The van der Waals surface area contributed by atoms with Crippen LogP contribution in [0.5, 0.6) is 0 Å². The molecule has 0 radical (unpaired) electrons. The highest BCUT2D eigenvalue weighted by Gasteiger charge is 2.15. The second-order valence-electron chi connectivity index (χ2n) is 4.55. The minimum Gasteiger partial charge on any atom is -0.355 e. The van der Waals surface area contributed by atoms with Crippen LogP contribution >= 0.6 is 11.8 Å². The van der Waals surface area contributed by atoms with Gasteiger partial charge in [-0.3, -0.25) is 10.4 Å². The molecule has 0 aliphatic heterocycles. The molecule has 0 aliphatic rings. The van der Waals surface area contributed by atoms with Crippen molar-refractivity contribution in [2.24, 2.45) is 16.8 Å². The smallest absolute Gasteiger partial charge is 0.205 e. The summed E-state index contributed by atoms with van der Waals surface area (Å²) in [6.07, 6.45) is 2.09. The van der Waals surface area contributed by atoms with Crippen molar-refractivity contribution in [3.05, 3.63) is 0 Å². The molecule has 0 aromatic rings. The van der Waals surface area contributed by atoms with Crippen LogP contribution in [0, 0.1) is 5.92 Å². The van der Waals surface area contributed by atoms with Gasteiger partial charge >= 0.3 is 0 Å². The Morgan fingerprint density at radius 1 is 1.47 bits per heavy atom. The standard InChI is InChI=1S/C10H24N4S/c1-8(2)6-12-9(14-11)13-7-10(3,4)15-5/h8H,6-7,11H2,1-5H3,(H2,12,13,14). The van der Waals surface area contributed by atoms with Gasteiger partial charge in [0.2, 0.25) is 5.96 Å². The van der Waals surface area contributed by atoms with Crippen molar-refractivity contribution in [3.63, 3.8) is 0 Å². The number of hydrogen-bond acceptors (Lipinski definition) is 3. The Morgan fingerprint density at radius 2 is 2.07 bits per heavy atom. The summed E-state index contributed by atoms with van der Waals surface area (Å²) in [6, 6.07) is 0. The topological polar surface area (TPSA) is 62.4 Å². The number of hydrazine groups is 1. The second kappa shape index (κ2) is 6.95. The largest absolute Gasteiger partial charge is 0.355 e. The summed E-state index contributed by atoms with van der Waals surface area (Å²) in [4.78, 5) is 4.41. The summed E-state index contributed by atoms with van der Waals surface area (Å²) in [7, 11) is 0. The zero-order valence-electron chi connectivity index (χ0n) is 10.4. The summed E-state index contributed by atoms with van der Waals surface area (Å²) >= 11 is 1.80. The first-order chi connectivity index (χ1) is 6.91. The first kappa shape index (κ1) is 14.6. The molecule has 0 aromatic carbocycles. The van der Waals surface area contributed by atoms with Crippen LogP contribution in [0.25, 0.3) is 0 Å². The average Bonchev–Trinajstić information content (AvgIpc) is 2.18. The molecule has 4 N–H and O–H groups in total. The van der Waals surface area contributed by atoms with Gasteiger partial charge in [-0.1, -0.05) is 13.8 Å². The number of thioether (sulfide) groups is 1. The van der Waals surface area contributed by atoms with Gasteiger partial charge in [0.1, 0.15) is 0 Å². The molecule has 0 unspecified atom stereocenters. The molecule has 0 saturated carbocycles. The van der Waals surface area contributed by atoms with Crippen molar-refractivity contribution >= 4 is 17.7 Å².